The van der Waals surface area contributed by atoms with E-state index >= 15 is 0 Å². The summed E-state index contributed by atoms with van der Waals surface area (Å²) in [4.78, 5) is 16.8. The number of piperazine rings is 1. The third kappa shape index (κ3) is 4.54. The molecule has 4 rings (SSSR count). The fraction of sp³-hybridized carbons (Fsp3) is 0.240. The van der Waals surface area contributed by atoms with Crippen molar-refractivity contribution in [1.29, 1.82) is 0 Å². The zero-order valence-corrected chi connectivity index (χ0v) is 16.4. The molecule has 29 heavy (non-hydrogen) atoms. The van der Waals surface area contributed by atoms with Crippen molar-refractivity contribution in [2.75, 3.05) is 26.2 Å². The van der Waals surface area contributed by atoms with Crippen molar-refractivity contribution in [3.63, 3.8) is 0 Å². The number of hydrogen-bond acceptors (Lipinski definition) is 1. The fourth-order valence-electron chi connectivity index (χ4n) is 4.08. The number of nitrogens with one attached hydrogen (secondary N) is 1. The third-order valence-corrected chi connectivity index (χ3v) is 5.69. The van der Waals surface area contributed by atoms with Crippen LogP contribution in [0.4, 0.5) is 4.39 Å². The lowest BCUT2D eigenvalue weighted by molar-refractivity contribution is -0.917. The molecule has 3 aromatic rings. The van der Waals surface area contributed by atoms with Crippen LogP contribution in [0, 0.1) is 5.82 Å². The van der Waals surface area contributed by atoms with E-state index in [4.69, 9.17) is 0 Å². The average Bonchev–Trinajstić information content (AvgIpc) is 2.77. The number of hydrogen-bond donors (Lipinski definition) is 1. The second-order valence-corrected chi connectivity index (χ2v) is 7.60. The molecule has 0 atom stereocenters. The number of quaternary nitrogens is 1. The lowest BCUT2D eigenvalue weighted by Gasteiger charge is -2.34. The molecule has 4 heteroatoms. The third-order valence-electron chi connectivity index (χ3n) is 5.69. The molecular weight excluding hydrogens is 363 g/mol. The Morgan fingerprint density at radius 2 is 1.34 bits per heavy atom. The number of carbonyl (C=O) groups excluding carboxylic acids is 1. The molecule has 0 aromatic heterocycles. The van der Waals surface area contributed by atoms with Crippen LogP contribution in [0.25, 0.3) is 0 Å². The van der Waals surface area contributed by atoms with Crippen molar-refractivity contribution in [3.05, 3.63) is 107 Å². The normalized spacial score (nSPS) is 14.9. The standard InChI is InChI=1S/C25H25FN2O/c26-23-14-8-7-13-22(23)19-27-15-17-28(18-16-27)25(29)24(20-9-3-1-4-10-20)21-11-5-2-6-12-21/h1-14,24H,15-19H2/p+1. The van der Waals surface area contributed by atoms with E-state index in [-0.39, 0.29) is 17.6 Å². The Morgan fingerprint density at radius 3 is 1.90 bits per heavy atom. The molecule has 0 unspecified atom stereocenters. The van der Waals surface area contributed by atoms with E-state index in [1.54, 1.807) is 6.07 Å². The van der Waals surface area contributed by atoms with E-state index in [1.807, 2.05) is 77.7 Å². The van der Waals surface area contributed by atoms with Gasteiger partial charge in [0.2, 0.25) is 5.91 Å². The van der Waals surface area contributed by atoms with Crippen molar-refractivity contribution in [3.8, 4) is 0 Å². The summed E-state index contributed by atoms with van der Waals surface area (Å²) in [5.41, 5.74) is 2.78. The minimum Gasteiger partial charge on any atom is -0.331 e. The molecule has 0 spiro atoms. The average molecular weight is 389 g/mol. The van der Waals surface area contributed by atoms with Gasteiger partial charge in [-0.25, -0.2) is 4.39 Å². The highest BCUT2D eigenvalue weighted by atomic mass is 19.1. The van der Waals surface area contributed by atoms with E-state index in [0.717, 1.165) is 29.8 Å². The molecule has 1 aliphatic heterocycles. The SMILES string of the molecule is O=C(C(c1ccccc1)c1ccccc1)N1CC[NH+](Cc2ccccc2F)CC1. The number of benzene rings is 3. The van der Waals surface area contributed by atoms with Gasteiger partial charge in [0.05, 0.1) is 32.1 Å². The van der Waals surface area contributed by atoms with Gasteiger partial charge in [-0.2, -0.15) is 0 Å². The summed E-state index contributed by atoms with van der Waals surface area (Å²) in [6.07, 6.45) is 0. The monoisotopic (exact) mass is 389 g/mol. The molecular formula is C25H26FN2O+. The summed E-state index contributed by atoms with van der Waals surface area (Å²) in [6, 6.07) is 26.9. The van der Waals surface area contributed by atoms with E-state index in [1.165, 1.54) is 11.0 Å². The van der Waals surface area contributed by atoms with Crippen LogP contribution in [-0.4, -0.2) is 37.0 Å². The van der Waals surface area contributed by atoms with Gasteiger partial charge < -0.3 is 9.80 Å². The maximum atomic E-state index is 14.0. The number of carbonyl (C=O) groups is 1. The van der Waals surface area contributed by atoms with E-state index in [2.05, 4.69) is 0 Å². The predicted octanol–water partition coefficient (Wildman–Crippen LogP) is 2.88. The first kappa shape index (κ1) is 19.3. The zero-order valence-electron chi connectivity index (χ0n) is 16.4. The molecule has 0 bridgehead atoms. The summed E-state index contributed by atoms with van der Waals surface area (Å²) in [5.74, 6) is -0.287. The van der Waals surface area contributed by atoms with Crippen molar-refractivity contribution in [2.45, 2.75) is 12.5 Å². The van der Waals surface area contributed by atoms with Gasteiger partial charge in [0.1, 0.15) is 12.4 Å². The maximum Gasteiger partial charge on any atom is 0.234 e. The molecule has 148 valence electrons. The molecule has 0 aliphatic carbocycles. The van der Waals surface area contributed by atoms with Crippen LogP contribution in [0.15, 0.2) is 84.9 Å². The molecule has 3 nitrogen and oxygen atoms in total. The van der Waals surface area contributed by atoms with Gasteiger partial charge in [-0.05, 0) is 17.2 Å². The number of nitrogens with zero attached hydrogens (tertiary/aromatic N) is 1. The van der Waals surface area contributed by atoms with Gasteiger partial charge >= 0.3 is 0 Å². The summed E-state index contributed by atoms with van der Waals surface area (Å²) in [6.45, 7) is 3.71. The first-order chi connectivity index (χ1) is 14.2. The Bertz CT molecular complexity index is 898. The van der Waals surface area contributed by atoms with Crippen molar-refractivity contribution < 1.29 is 14.1 Å². The quantitative estimate of drug-likeness (QED) is 0.713. The predicted molar refractivity (Wildman–Crippen MR) is 112 cm³/mol. The topological polar surface area (TPSA) is 24.8 Å². The van der Waals surface area contributed by atoms with Gasteiger partial charge in [0, 0.05) is 5.56 Å². The highest BCUT2D eigenvalue weighted by molar-refractivity contribution is 5.87. The fourth-order valence-corrected chi connectivity index (χ4v) is 4.08. The van der Waals surface area contributed by atoms with E-state index in [9.17, 15) is 9.18 Å². The molecule has 1 N–H and O–H groups in total. The molecule has 1 saturated heterocycles. The van der Waals surface area contributed by atoms with Gasteiger partial charge in [0.25, 0.3) is 0 Å². The van der Waals surface area contributed by atoms with Gasteiger partial charge in [-0.3, -0.25) is 4.79 Å². The first-order valence-corrected chi connectivity index (χ1v) is 10.2. The van der Waals surface area contributed by atoms with Gasteiger partial charge in [0.15, 0.2) is 0 Å². The highest BCUT2D eigenvalue weighted by Gasteiger charge is 2.31. The number of rotatable bonds is 5. The molecule has 3 aromatic carbocycles. The highest BCUT2D eigenvalue weighted by Crippen LogP contribution is 2.26. The van der Waals surface area contributed by atoms with Crippen LogP contribution < -0.4 is 4.90 Å². The number of amides is 1. The second kappa shape index (κ2) is 9.01. The minimum absolute atomic E-state index is 0.146. The zero-order chi connectivity index (χ0) is 20.1. The smallest absolute Gasteiger partial charge is 0.234 e. The Hall–Kier alpha value is -2.98. The maximum absolute atomic E-state index is 14.0. The Balaban J connectivity index is 1.46. The van der Waals surface area contributed by atoms with Gasteiger partial charge in [-0.15, -0.1) is 0 Å². The Morgan fingerprint density at radius 1 is 0.828 bits per heavy atom. The Labute approximate surface area is 171 Å². The molecule has 0 radical (unpaired) electrons. The van der Waals surface area contributed by atoms with Crippen LogP contribution in [-0.2, 0) is 11.3 Å². The first-order valence-electron chi connectivity index (χ1n) is 10.2. The minimum atomic E-state index is -0.287. The lowest BCUT2D eigenvalue weighted by atomic mass is 9.90. The molecule has 0 saturated carbocycles. The van der Waals surface area contributed by atoms with E-state index in [0.29, 0.717) is 19.6 Å². The summed E-state index contributed by atoms with van der Waals surface area (Å²) >= 11 is 0. The Kier molecular flexibility index (Phi) is 6.01. The summed E-state index contributed by atoms with van der Waals surface area (Å²) in [5, 5.41) is 0. The van der Waals surface area contributed by atoms with Crippen LogP contribution in [0.1, 0.15) is 22.6 Å². The number of halogens is 1. The molecule has 1 amide bonds. The second-order valence-electron chi connectivity index (χ2n) is 7.60. The molecule has 1 heterocycles. The van der Waals surface area contributed by atoms with Crippen molar-refractivity contribution in [1.82, 2.24) is 4.90 Å². The summed E-state index contributed by atoms with van der Waals surface area (Å²) < 4.78 is 14.0. The largest absolute Gasteiger partial charge is 0.331 e. The molecule has 1 fully saturated rings. The van der Waals surface area contributed by atoms with Crippen LogP contribution in [0.2, 0.25) is 0 Å². The van der Waals surface area contributed by atoms with Crippen molar-refractivity contribution in [2.24, 2.45) is 0 Å². The van der Waals surface area contributed by atoms with Crippen LogP contribution >= 0.6 is 0 Å². The van der Waals surface area contributed by atoms with E-state index < -0.39 is 0 Å². The molecule has 1 aliphatic rings. The lowest BCUT2D eigenvalue weighted by Crippen LogP contribution is -3.13. The van der Waals surface area contributed by atoms with Crippen LogP contribution in [0.5, 0.6) is 0 Å². The van der Waals surface area contributed by atoms with Gasteiger partial charge in [-0.1, -0.05) is 78.9 Å². The van der Waals surface area contributed by atoms with Crippen molar-refractivity contribution >= 4 is 5.91 Å². The van der Waals surface area contributed by atoms with Crippen LogP contribution in [0.3, 0.4) is 0 Å². The summed E-state index contributed by atoms with van der Waals surface area (Å²) in [7, 11) is 0.